The number of thiophene rings is 1. The van der Waals surface area contributed by atoms with Crippen LogP contribution in [-0.2, 0) is 6.42 Å². The first-order valence-corrected chi connectivity index (χ1v) is 6.60. The largest absolute Gasteiger partial charge is 0.475 e. The molecule has 2 rings (SSSR count). The van der Waals surface area contributed by atoms with Crippen LogP contribution >= 0.6 is 23.1 Å². The van der Waals surface area contributed by atoms with Gasteiger partial charge in [0.25, 0.3) is 0 Å². The number of thioether (sulfide) groups is 1. The maximum atomic E-state index is 10.6. The van der Waals surface area contributed by atoms with Crippen LogP contribution in [-0.4, -0.2) is 16.8 Å². The fourth-order valence-electron chi connectivity index (χ4n) is 1.22. The van der Waals surface area contributed by atoms with E-state index in [1.54, 1.807) is 17.4 Å². The second-order valence-electron chi connectivity index (χ2n) is 3.10. The van der Waals surface area contributed by atoms with Gasteiger partial charge in [0, 0.05) is 10.6 Å². The van der Waals surface area contributed by atoms with E-state index < -0.39 is 5.97 Å². The Bertz CT molecular complexity index is 459. The quantitative estimate of drug-likeness (QED) is 0.831. The highest BCUT2D eigenvalue weighted by Gasteiger charge is 2.08. The molecule has 0 atom stereocenters. The molecule has 2 aromatic heterocycles. The summed E-state index contributed by atoms with van der Waals surface area (Å²) >= 11 is 3.26. The summed E-state index contributed by atoms with van der Waals surface area (Å²) < 4.78 is 5.13. The third-order valence-electron chi connectivity index (χ3n) is 1.97. The van der Waals surface area contributed by atoms with Gasteiger partial charge in [-0.05, 0) is 30.0 Å². The molecule has 0 fully saturated rings. The number of carboxylic acids is 1. The number of carbonyl (C=O) groups is 1. The van der Waals surface area contributed by atoms with E-state index >= 15 is 0 Å². The standard InChI is InChI=1S/C11H10O3S2/c12-11(13)9-3-4-10(14-9)16-7-5-8-2-1-6-15-8/h1-4,6H,5,7H2,(H,12,13). The average Bonchev–Trinajstić information content (AvgIpc) is 2.87. The van der Waals surface area contributed by atoms with Crippen molar-refractivity contribution in [1.29, 1.82) is 0 Å². The first kappa shape index (κ1) is 11.3. The van der Waals surface area contributed by atoms with E-state index in [0.717, 1.165) is 12.2 Å². The molecular formula is C11H10O3S2. The number of hydrogen-bond donors (Lipinski definition) is 1. The van der Waals surface area contributed by atoms with Gasteiger partial charge in [-0.1, -0.05) is 17.8 Å². The second kappa shape index (κ2) is 5.23. The lowest BCUT2D eigenvalue weighted by molar-refractivity contribution is 0.0656. The monoisotopic (exact) mass is 254 g/mol. The molecule has 0 saturated carbocycles. The summed E-state index contributed by atoms with van der Waals surface area (Å²) in [5.41, 5.74) is 0. The highest BCUT2D eigenvalue weighted by atomic mass is 32.2. The van der Waals surface area contributed by atoms with Crippen molar-refractivity contribution in [2.24, 2.45) is 0 Å². The van der Waals surface area contributed by atoms with E-state index in [1.165, 1.54) is 22.7 Å². The summed E-state index contributed by atoms with van der Waals surface area (Å²) in [6, 6.07) is 7.30. The molecule has 5 heteroatoms. The van der Waals surface area contributed by atoms with Crippen molar-refractivity contribution in [1.82, 2.24) is 0 Å². The van der Waals surface area contributed by atoms with Crippen LogP contribution in [0.25, 0.3) is 0 Å². The summed E-state index contributed by atoms with van der Waals surface area (Å²) in [6.45, 7) is 0. The summed E-state index contributed by atoms with van der Waals surface area (Å²) in [5, 5.41) is 11.4. The summed E-state index contributed by atoms with van der Waals surface area (Å²) in [6.07, 6.45) is 0.978. The molecule has 0 spiro atoms. The van der Waals surface area contributed by atoms with Gasteiger partial charge in [-0.25, -0.2) is 4.79 Å². The molecule has 3 nitrogen and oxygen atoms in total. The van der Waals surface area contributed by atoms with Gasteiger partial charge in [-0.15, -0.1) is 11.3 Å². The lowest BCUT2D eigenvalue weighted by Gasteiger charge is -1.95. The van der Waals surface area contributed by atoms with Gasteiger partial charge in [-0.2, -0.15) is 0 Å². The zero-order valence-electron chi connectivity index (χ0n) is 8.38. The van der Waals surface area contributed by atoms with E-state index in [-0.39, 0.29) is 5.76 Å². The molecule has 0 aliphatic rings. The van der Waals surface area contributed by atoms with Crippen molar-refractivity contribution in [3.8, 4) is 0 Å². The van der Waals surface area contributed by atoms with E-state index in [2.05, 4.69) is 11.4 Å². The topological polar surface area (TPSA) is 50.4 Å². The summed E-state index contributed by atoms with van der Waals surface area (Å²) in [7, 11) is 0. The Morgan fingerprint density at radius 3 is 2.94 bits per heavy atom. The van der Waals surface area contributed by atoms with E-state index in [0.29, 0.717) is 5.09 Å². The predicted molar refractivity (Wildman–Crippen MR) is 64.4 cm³/mol. The van der Waals surface area contributed by atoms with Gasteiger partial charge in [0.15, 0.2) is 5.09 Å². The minimum absolute atomic E-state index is 0.00127. The molecular weight excluding hydrogens is 244 g/mol. The van der Waals surface area contributed by atoms with Gasteiger partial charge >= 0.3 is 5.97 Å². The van der Waals surface area contributed by atoms with Crippen LogP contribution in [0.4, 0.5) is 0 Å². The van der Waals surface area contributed by atoms with Crippen LogP contribution in [0.2, 0.25) is 0 Å². The molecule has 2 heterocycles. The molecule has 0 unspecified atom stereocenters. The van der Waals surface area contributed by atoms with Crippen molar-refractivity contribution in [2.45, 2.75) is 11.5 Å². The third-order valence-corrected chi connectivity index (χ3v) is 3.81. The van der Waals surface area contributed by atoms with Crippen LogP contribution in [0.5, 0.6) is 0 Å². The number of hydrogen-bond acceptors (Lipinski definition) is 4. The molecule has 0 amide bonds. The van der Waals surface area contributed by atoms with Crippen LogP contribution in [0.1, 0.15) is 15.4 Å². The van der Waals surface area contributed by atoms with Crippen LogP contribution in [0, 0.1) is 0 Å². The van der Waals surface area contributed by atoms with Crippen LogP contribution < -0.4 is 0 Å². The molecule has 0 aliphatic heterocycles. The molecule has 2 aromatic rings. The fraction of sp³-hybridized carbons (Fsp3) is 0.182. The van der Waals surface area contributed by atoms with Crippen molar-refractivity contribution in [3.63, 3.8) is 0 Å². The molecule has 1 N–H and O–H groups in total. The second-order valence-corrected chi connectivity index (χ2v) is 5.23. The predicted octanol–water partition coefficient (Wildman–Crippen LogP) is 3.37. The normalized spacial score (nSPS) is 10.5. The highest BCUT2D eigenvalue weighted by molar-refractivity contribution is 7.99. The minimum Gasteiger partial charge on any atom is -0.475 e. The minimum atomic E-state index is -1.02. The Morgan fingerprint density at radius 2 is 2.31 bits per heavy atom. The SMILES string of the molecule is O=C(O)c1ccc(SCCc2cccs2)o1. The number of aromatic carboxylic acids is 1. The van der Waals surface area contributed by atoms with Gasteiger partial charge < -0.3 is 9.52 Å². The van der Waals surface area contributed by atoms with Crippen molar-refractivity contribution in [2.75, 3.05) is 5.75 Å². The number of rotatable bonds is 5. The molecule has 0 radical (unpaired) electrons. The van der Waals surface area contributed by atoms with E-state index in [9.17, 15) is 4.79 Å². The number of carboxylic acid groups (broad SMARTS) is 1. The van der Waals surface area contributed by atoms with Crippen LogP contribution in [0.3, 0.4) is 0 Å². The van der Waals surface area contributed by atoms with Crippen molar-refractivity contribution in [3.05, 3.63) is 40.3 Å². The number of furan rings is 1. The molecule has 16 heavy (non-hydrogen) atoms. The van der Waals surface area contributed by atoms with E-state index in [1.807, 2.05) is 6.07 Å². The molecule has 0 aromatic carbocycles. The Labute approximate surface area is 101 Å². The van der Waals surface area contributed by atoms with Gasteiger partial charge in [0.1, 0.15) is 0 Å². The zero-order valence-corrected chi connectivity index (χ0v) is 10.0. The smallest absolute Gasteiger partial charge is 0.371 e. The Balaban J connectivity index is 1.83. The zero-order chi connectivity index (χ0) is 11.4. The molecule has 0 saturated heterocycles. The first-order valence-electron chi connectivity index (χ1n) is 4.74. The molecule has 0 bridgehead atoms. The Morgan fingerprint density at radius 1 is 1.44 bits per heavy atom. The molecule has 0 aliphatic carbocycles. The van der Waals surface area contributed by atoms with E-state index in [4.69, 9.17) is 9.52 Å². The summed E-state index contributed by atoms with van der Waals surface area (Å²) in [4.78, 5) is 11.9. The van der Waals surface area contributed by atoms with Crippen molar-refractivity contribution < 1.29 is 14.3 Å². The Hall–Kier alpha value is -1.20. The van der Waals surface area contributed by atoms with Crippen LogP contribution in [0.15, 0.2) is 39.2 Å². The highest BCUT2D eigenvalue weighted by Crippen LogP contribution is 2.22. The maximum absolute atomic E-state index is 10.6. The van der Waals surface area contributed by atoms with Gasteiger partial charge in [0.2, 0.25) is 5.76 Å². The fourth-order valence-corrected chi connectivity index (χ4v) is 2.89. The Kier molecular flexibility index (Phi) is 3.69. The maximum Gasteiger partial charge on any atom is 0.371 e. The lowest BCUT2D eigenvalue weighted by Crippen LogP contribution is -1.91. The average molecular weight is 254 g/mol. The third kappa shape index (κ3) is 2.90. The summed E-state index contributed by atoms with van der Waals surface area (Å²) in [5.74, 6) is -0.128. The molecule has 84 valence electrons. The van der Waals surface area contributed by atoms with Gasteiger partial charge in [0.05, 0.1) is 0 Å². The first-order chi connectivity index (χ1) is 7.75. The van der Waals surface area contributed by atoms with Gasteiger partial charge in [-0.3, -0.25) is 0 Å². The number of aryl methyl sites for hydroxylation is 1. The van der Waals surface area contributed by atoms with Crippen molar-refractivity contribution >= 4 is 29.1 Å². The lowest BCUT2D eigenvalue weighted by atomic mass is 10.4.